The second-order valence-corrected chi connectivity index (χ2v) is 9.35. The minimum absolute atomic E-state index is 0.0150. The van der Waals surface area contributed by atoms with E-state index in [1.54, 1.807) is 16.6 Å². The van der Waals surface area contributed by atoms with Crippen LogP contribution in [-0.2, 0) is 22.1 Å². The molecule has 6 nitrogen and oxygen atoms in total. The van der Waals surface area contributed by atoms with Crippen molar-refractivity contribution in [3.05, 3.63) is 83.6 Å². The number of rotatable bonds is 8. The molecule has 0 atom stereocenters. The lowest BCUT2D eigenvalue weighted by Gasteiger charge is -2.27. The molecule has 0 saturated carbocycles. The molecule has 1 aromatic heterocycles. The zero-order valence-corrected chi connectivity index (χ0v) is 20.2. The van der Waals surface area contributed by atoms with E-state index in [4.69, 9.17) is 0 Å². The molecule has 0 bridgehead atoms. The van der Waals surface area contributed by atoms with Crippen LogP contribution in [0.15, 0.2) is 66.7 Å². The number of carbonyl (C=O) groups excluding carboxylic acids is 2. The van der Waals surface area contributed by atoms with Crippen LogP contribution in [0.4, 0.5) is 5.82 Å². The maximum Gasteiger partial charge on any atom is 0.245 e. The highest BCUT2D eigenvalue weighted by Gasteiger charge is 2.28. The second-order valence-electron chi connectivity index (χ2n) is 9.35. The summed E-state index contributed by atoms with van der Waals surface area (Å²) in [4.78, 5) is 28.4. The second kappa shape index (κ2) is 10.5. The maximum atomic E-state index is 13.8. The van der Waals surface area contributed by atoms with E-state index in [9.17, 15) is 9.59 Å². The first-order chi connectivity index (χ1) is 15.7. The van der Waals surface area contributed by atoms with Gasteiger partial charge in [0.05, 0.1) is 18.2 Å². The Morgan fingerprint density at radius 3 is 2.00 bits per heavy atom. The van der Waals surface area contributed by atoms with Crippen molar-refractivity contribution in [2.24, 2.45) is 7.05 Å². The number of benzene rings is 2. The number of carbonyl (C=O) groups is 2. The fraction of sp³-hybridized carbons (Fsp3) is 0.370. The van der Waals surface area contributed by atoms with Crippen LogP contribution in [0.3, 0.4) is 0 Å². The summed E-state index contributed by atoms with van der Waals surface area (Å²) in [5.74, 6) is -0.155. The molecule has 0 aliphatic carbocycles. The van der Waals surface area contributed by atoms with E-state index < -0.39 is 5.92 Å². The Kier molecular flexibility index (Phi) is 7.69. The number of nitrogens with one attached hydrogen (secondary N) is 1. The molecule has 0 unspecified atom stereocenters. The van der Waals surface area contributed by atoms with Crippen LogP contribution in [-0.4, -0.2) is 39.6 Å². The van der Waals surface area contributed by atoms with Gasteiger partial charge in [0.25, 0.3) is 0 Å². The molecular formula is C27H34N4O2. The quantitative estimate of drug-likeness (QED) is 0.544. The highest BCUT2D eigenvalue weighted by Crippen LogP contribution is 2.27. The van der Waals surface area contributed by atoms with Gasteiger partial charge in [-0.1, -0.05) is 88.4 Å². The van der Waals surface area contributed by atoms with Gasteiger partial charge >= 0.3 is 0 Å². The fourth-order valence-electron chi connectivity index (χ4n) is 3.79. The number of amides is 2. The van der Waals surface area contributed by atoms with Gasteiger partial charge in [-0.2, -0.15) is 5.10 Å². The van der Waals surface area contributed by atoms with E-state index in [1.165, 1.54) is 0 Å². The Morgan fingerprint density at radius 2 is 1.55 bits per heavy atom. The predicted molar refractivity (Wildman–Crippen MR) is 132 cm³/mol. The molecule has 2 aromatic carbocycles. The average molecular weight is 447 g/mol. The Balaban J connectivity index is 1.83. The van der Waals surface area contributed by atoms with Gasteiger partial charge in [-0.25, -0.2) is 0 Å². The predicted octanol–water partition coefficient (Wildman–Crippen LogP) is 4.73. The summed E-state index contributed by atoms with van der Waals surface area (Å²) in [5.41, 5.74) is 2.60. The van der Waals surface area contributed by atoms with Crippen LogP contribution in [0.5, 0.6) is 0 Å². The first-order valence-electron chi connectivity index (χ1n) is 11.4. The van der Waals surface area contributed by atoms with Gasteiger partial charge in [0.2, 0.25) is 11.8 Å². The minimum Gasteiger partial charge on any atom is -0.333 e. The molecule has 0 fully saturated rings. The first kappa shape index (κ1) is 24.2. The molecule has 0 aliphatic heterocycles. The molecule has 0 spiro atoms. The lowest BCUT2D eigenvalue weighted by atomic mass is 9.90. The first-order valence-corrected chi connectivity index (χ1v) is 11.4. The van der Waals surface area contributed by atoms with Crippen molar-refractivity contribution in [1.29, 1.82) is 0 Å². The highest BCUT2D eigenvalue weighted by molar-refractivity contribution is 5.96. The lowest BCUT2D eigenvalue weighted by molar-refractivity contribution is -0.135. The molecule has 0 radical (unpaired) electrons. The Hall–Kier alpha value is -3.41. The smallest absolute Gasteiger partial charge is 0.245 e. The number of aryl methyl sites for hydroxylation is 1. The zero-order valence-electron chi connectivity index (χ0n) is 20.2. The molecular weight excluding hydrogens is 412 g/mol. The number of anilines is 1. The summed E-state index contributed by atoms with van der Waals surface area (Å²) in [6.45, 7) is 8.73. The zero-order chi connectivity index (χ0) is 24.0. The van der Waals surface area contributed by atoms with Crippen molar-refractivity contribution in [2.45, 2.75) is 45.4 Å². The standard InChI is InChI=1S/C27H34N4O2/c1-6-17-31(19-24(32)28-23-18-22(27(2,3)4)29-30(23)5)26(33)25(20-13-9-7-10-14-20)21-15-11-8-12-16-21/h7-16,18,25H,6,17,19H2,1-5H3,(H,28,32). The summed E-state index contributed by atoms with van der Waals surface area (Å²) in [5, 5.41) is 7.45. The monoisotopic (exact) mass is 446 g/mol. The van der Waals surface area contributed by atoms with Crippen molar-refractivity contribution < 1.29 is 9.59 Å². The Bertz CT molecular complexity index is 1030. The third-order valence-corrected chi connectivity index (χ3v) is 5.57. The van der Waals surface area contributed by atoms with Crippen molar-refractivity contribution in [1.82, 2.24) is 14.7 Å². The van der Waals surface area contributed by atoms with Crippen LogP contribution in [0.2, 0.25) is 0 Å². The van der Waals surface area contributed by atoms with E-state index in [2.05, 4.69) is 31.2 Å². The van der Waals surface area contributed by atoms with Gasteiger partial charge in [-0.15, -0.1) is 0 Å². The van der Waals surface area contributed by atoms with Crippen LogP contribution >= 0.6 is 0 Å². The molecule has 3 aromatic rings. The normalized spacial score (nSPS) is 11.5. The topological polar surface area (TPSA) is 67.2 Å². The summed E-state index contributed by atoms with van der Waals surface area (Å²) < 4.78 is 1.67. The van der Waals surface area contributed by atoms with E-state index >= 15 is 0 Å². The van der Waals surface area contributed by atoms with E-state index in [0.717, 1.165) is 23.2 Å². The van der Waals surface area contributed by atoms with Crippen LogP contribution in [0, 0.1) is 0 Å². The third kappa shape index (κ3) is 6.09. The lowest BCUT2D eigenvalue weighted by Crippen LogP contribution is -2.41. The van der Waals surface area contributed by atoms with Crippen molar-refractivity contribution in [3.63, 3.8) is 0 Å². The van der Waals surface area contributed by atoms with E-state index in [-0.39, 0.29) is 23.8 Å². The third-order valence-electron chi connectivity index (χ3n) is 5.57. The number of nitrogens with zero attached hydrogens (tertiary/aromatic N) is 3. The summed E-state index contributed by atoms with van der Waals surface area (Å²) in [7, 11) is 1.81. The van der Waals surface area contributed by atoms with Crippen LogP contribution < -0.4 is 5.32 Å². The van der Waals surface area contributed by atoms with E-state index in [0.29, 0.717) is 12.4 Å². The van der Waals surface area contributed by atoms with Gasteiger partial charge in [-0.3, -0.25) is 14.3 Å². The molecule has 2 amide bonds. The molecule has 3 rings (SSSR count). The van der Waals surface area contributed by atoms with Gasteiger partial charge < -0.3 is 10.2 Å². The molecule has 0 aliphatic rings. The molecule has 0 saturated heterocycles. The molecule has 174 valence electrons. The number of hydrogen-bond donors (Lipinski definition) is 1. The minimum atomic E-state index is -0.462. The number of hydrogen-bond acceptors (Lipinski definition) is 3. The fourth-order valence-corrected chi connectivity index (χ4v) is 3.79. The van der Waals surface area contributed by atoms with Gasteiger partial charge in [0.1, 0.15) is 5.82 Å². The van der Waals surface area contributed by atoms with Crippen LogP contribution in [0.25, 0.3) is 0 Å². The van der Waals surface area contributed by atoms with Gasteiger partial charge in [-0.05, 0) is 17.5 Å². The van der Waals surface area contributed by atoms with Crippen molar-refractivity contribution in [2.75, 3.05) is 18.4 Å². The van der Waals surface area contributed by atoms with Crippen molar-refractivity contribution >= 4 is 17.6 Å². The highest BCUT2D eigenvalue weighted by atomic mass is 16.2. The van der Waals surface area contributed by atoms with E-state index in [1.807, 2.05) is 73.7 Å². The maximum absolute atomic E-state index is 13.8. The van der Waals surface area contributed by atoms with Gasteiger partial charge in [0.15, 0.2) is 0 Å². The largest absolute Gasteiger partial charge is 0.333 e. The summed E-state index contributed by atoms with van der Waals surface area (Å²) >= 11 is 0. The van der Waals surface area contributed by atoms with Crippen LogP contribution in [0.1, 0.15) is 56.9 Å². The van der Waals surface area contributed by atoms with Gasteiger partial charge in [0, 0.05) is 25.1 Å². The Labute approximate surface area is 196 Å². The molecule has 1 heterocycles. The molecule has 1 N–H and O–H groups in total. The number of aromatic nitrogens is 2. The molecule has 33 heavy (non-hydrogen) atoms. The summed E-state index contributed by atoms with van der Waals surface area (Å²) in [6.07, 6.45) is 0.759. The Morgan fingerprint density at radius 1 is 1.00 bits per heavy atom. The average Bonchev–Trinajstić information content (AvgIpc) is 3.15. The SMILES string of the molecule is CCCN(CC(=O)Nc1cc(C(C)(C)C)nn1C)C(=O)C(c1ccccc1)c1ccccc1. The summed E-state index contributed by atoms with van der Waals surface area (Å²) in [6, 6.07) is 21.4. The molecule has 6 heteroatoms. The van der Waals surface area contributed by atoms with Crippen molar-refractivity contribution in [3.8, 4) is 0 Å².